The lowest BCUT2D eigenvalue weighted by Gasteiger charge is -2.20. The number of aromatic nitrogens is 3. The highest BCUT2D eigenvalue weighted by atomic mass is 35.5. The van der Waals surface area contributed by atoms with Gasteiger partial charge in [-0.15, -0.1) is 24.8 Å². The second-order valence-electron chi connectivity index (χ2n) is 6.73. The first-order valence-corrected chi connectivity index (χ1v) is 9.29. The lowest BCUT2D eigenvalue weighted by atomic mass is 9.90. The molecule has 2 N–H and O–H groups in total. The van der Waals surface area contributed by atoms with E-state index in [1.54, 1.807) is 4.68 Å². The third kappa shape index (κ3) is 5.59. The molecule has 0 radical (unpaired) electrons. The van der Waals surface area contributed by atoms with Crippen LogP contribution in [-0.4, -0.2) is 46.9 Å². The largest absolute Gasteiger partial charge is 0.357 e. The average molecular weight is 429 g/mol. The van der Waals surface area contributed by atoms with Gasteiger partial charge in [0.15, 0.2) is 0 Å². The number of halogens is 2. The highest BCUT2D eigenvalue weighted by molar-refractivity contribution is 5.85. The Labute approximate surface area is 179 Å². The number of pyridine rings is 1. The quantitative estimate of drug-likeness (QED) is 0.706. The van der Waals surface area contributed by atoms with E-state index in [9.17, 15) is 4.79 Å². The van der Waals surface area contributed by atoms with Gasteiger partial charge >= 0.3 is 0 Å². The fraction of sp³-hybridized carbons (Fsp3) is 0.526. The summed E-state index contributed by atoms with van der Waals surface area (Å²) in [5.74, 6) is 1.16. The summed E-state index contributed by atoms with van der Waals surface area (Å²) in [7, 11) is 1.90. The second-order valence-corrected chi connectivity index (χ2v) is 6.73. The highest BCUT2D eigenvalue weighted by Gasteiger charge is 2.34. The Balaban J connectivity index is 0.00000196. The number of amides is 1. The molecule has 0 unspecified atom stereocenters. The molecule has 0 saturated carbocycles. The van der Waals surface area contributed by atoms with Gasteiger partial charge in [-0.3, -0.25) is 9.48 Å². The molecule has 2 aromatic rings. The highest BCUT2D eigenvalue weighted by Crippen LogP contribution is 2.28. The normalized spacial score (nSPS) is 18.1. The molecule has 0 spiro atoms. The molecule has 3 heterocycles. The van der Waals surface area contributed by atoms with E-state index in [4.69, 9.17) is 0 Å². The van der Waals surface area contributed by atoms with Crippen LogP contribution < -0.4 is 15.5 Å². The van der Waals surface area contributed by atoms with E-state index in [0.29, 0.717) is 13.1 Å². The molecular weight excluding hydrogens is 399 g/mol. The van der Waals surface area contributed by atoms with Crippen LogP contribution in [-0.2, 0) is 18.4 Å². The maximum atomic E-state index is 12.7. The number of hydrogen-bond donors (Lipinski definition) is 2. The van der Waals surface area contributed by atoms with Crippen molar-refractivity contribution in [2.24, 2.45) is 13.0 Å². The smallest absolute Gasteiger partial charge is 0.225 e. The standard InChI is InChI=1S/C19H28N6O.2ClH/c1-4-25(5-2)18-7-6-14(8-21-18)9-22-19(26)17-12-20-11-16(17)15-10-23-24(3)13-15;;/h6-8,10,13,16-17,20H,4-5,9,11-12H2,1-3H3,(H,22,26);2*1H/t16-,17+;;/m1../s1. The predicted molar refractivity (Wildman–Crippen MR) is 116 cm³/mol. The van der Waals surface area contributed by atoms with E-state index < -0.39 is 0 Å². The molecule has 1 amide bonds. The summed E-state index contributed by atoms with van der Waals surface area (Å²) in [6, 6.07) is 4.05. The Hall–Kier alpha value is -1.83. The Bertz CT molecular complexity index is 732. The van der Waals surface area contributed by atoms with E-state index in [0.717, 1.165) is 36.6 Å². The van der Waals surface area contributed by atoms with Crippen molar-refractivity contribution in [1.29, 1.82) is 0 Å². The summed E-state index contributed by atoms with van der Waals surface area (Å²) in [6.07, 6.45) is 5.70. The van der Waals surface area contributed by atoms with Crippen molar-refractivity contribution < 1.29 is 4.79 Å². The molecule has 0 bridgehead atoms. The number of nitrogens with one attached hydrogen (secondary N) is 2. The number of nitrogens with zero attached hydrogens (tertiary/aromatic N) is 4. The molecule has 156 valence electrons. The van der Waals surface area contributed by atoms with Gasteiger partial charge in [-0.25, -0.2) is 4.98 Å². The maximum Gasteiger partial charge on any atom is 0.225 e. The van der Waals surface area contributed by atoms with Crippen LogP contribution in [0.25, 0.3) is 0 Å². The zero-order valence-electron chi connectivity index (χ0n) is 16.6. The van der Waals surface area contributed by atoms with Gasteiger partial charge < -0.3 is 15.5 Å². The average Bonchev–Trinajstić information content (AvgIpc) is 3.30. The van der Waals surface area contributed by atoms with E-state index in [-0.39, 0.29) is 42.6 Å². The molecule has 7 nitrogen and oxygen atoms in total. The number of hydrogen-bond acceptors (Lipinski definition) is 5. The third-order valence-corrected chi connectivity index (χ3v) is 5.07. The number of carbonyl (C=O) groups is 1. The monoisotopic (exact) mass is 428 g/mol. The van der Waals surface area contributed by atoms with Crippen molar-refractivity contribution in [1.82, 2.24) is 25.4 Å². The van der Waals surface area contributed by atoms with E-state index >= 15 is 0 Å². The summed E-state index contributed by atoms with van der Waals surface area (Å²) >= 11 is 0. The van der Waals surface area contributed by atoms with Crippen LogP contribution in [0.15, 0.2) is 30.7 Å². The number of carbonyl (C=O) groups excluding carboxylic acids is 1. The Morgan fingerprint density at radius 1 is 1.25 bits per heavy atom. The summed E-state index contributed by atoms with van der Waals surface area (Å²) in [5, 5.41) is 10.6. The zero-order valence-corrected chi connectivity index (χ0v) is 18.2. The summed E-state index contributed by atoms with van der Waals surface area (Å²) in [5.41, 5.74) is 2.13. The first-order valence-electron chi connectivity index (χ1n) is 9.29. The minimum absolute atomic E-state index is 0. The van der Waals surface area contributed by atoms with Gasteiger partial charge in [0, 0.05) is 58.1 Å². The molecule has 1 fully saturated rings. The van der Waals surface area contributed by atoms with Crippen molar-refractivity contribution in [2.75, 3.05) is 31.1 Å². The lowest BCUT2D eigenvalue weighted by Crippen LogP contribution is -2.34. The number of anilines is 1. The lowest BCUT2D eigenvalue weighted by molar-refractivity contribution is -0.125. The van der Waals surface area contributed by atoms with Crippen molar-refractivity contribution in [2.45, 2.75) is 26.3 Å². The molecule has 3 rings (SSSR count). The first-order chi connectivity index (χ1) is 12.6. The van der Waals surface area contributed by atoms with Gasteiger partial charge in [0.05, 0.1) is 12.1 Å². The van der Waals surface area contributed by atoms with Crippen LogP contribution in [0.1, 0.15) is 30.9 Å². The fourth-order valence-electron chi connectivity index (χ4n) is 3.51. The predicted octanol–water partition coefficient (Wildman–Crippen LogP) is 2.12. The summed E-state index contributed by atoms with van der Waals surface area (Å²) in [4.78, 5) is 19.4. The molecule has 2 aromatic heterocycles. The molecule has 0 aromatic carbocycles. The van der Waals surface area contributed by atoms with Gasteiger partial charge in [0.2, 0.25) is 5.91 Å². The van der Waals surface area contributed by atoms with Crippen LogP contribution in [0.4, 0.5) is 5.82 Å². The van der Waals surface area contributed by atoms with E-state index in [1.807, 2.05) is 37.8 Å². The summed E-state index contributed by atoms with van der Waals surface area (Å²) in [6.45, 7) is 8.12. The van der Waals surface area contributed by atoms with Gasteiger partial charge in [0.25, 0.3) is 0 Å². The zero-order chi connectivity index (χ0) is 18.5. The topological polar surface area (TPSA) is 75.1 Å². The minimum Gasteiger partial charge on any atom is -0.357 e. The van der Waals surface area contributed by atoms with Crippen LogP contribution >= 0.6 is 24.8 Å². The van der Waals surface area contributed by atoms with Crippen molar-refractivity contribution in [3.8, 4) is 0 Å². The first kappa shape index (κ1) is 24.2. The SMILES string of the molecule is CCN(CC)c1ccc(CNC(=O)[C@H]2CNC[C@@H]2c2cnn(C)c2)cn1.Cl.Cl. The van der Waals surface area contributed by atoms with E-state index in [2.05, 4.69) is 39.5 Å². The van der Waals surface area contributed by atoms with Crippen molar-refractivity contribution >= 4 is 36.5 Å². The van der Waals surface area contributed by atoms with Crippen LogP contribution in [0.5, 0.6) is 0 Å². The van der Waals surface area contributed by atoms with Crippen molar-refractivity contribution in [3.05, 3.63) is 41.9 Å². The molecule has 0 aliphatic carbocycles. The van der Waals surface area contributed by atoms with Gasteiger partial charge in [-0.1, -0.05) is 6.07 Å². The Morgan fingerprint density at radius 2 is 2.00 bits per heavy atom. The summed E-state index contributed by atoms with van der Waals surface area (Å²) < 4.78 is 1.78. The van der Waals surface area contributed by atoms with Crippen LogP contribution in [0.3, 0.4) is 0 Å². The van der Waals surface area contributed by atoms with E-state index in [1.165, 1.54) is 0 Å². The maximum absolute atomic E-state index is 12.7. The van der Waals surface area contributed by atoms with Crippen LogP contribution in [0.2, 0.25) is 0 Å². The Morgan fingerprint density at radius 3 is 2.57 bits per heavy atom. The molecular formula is C19H30Cl2N6O. The number of rotatable bonds is 7. The third-order valence-electron chi connectivity index (χ3n) is 5.07. The van der Waals surface area contributed by atoms with Gasteiger partial charge in [-0.05, 0) is 31.0 Å². The second kappa shape index (κ2) is 11.2. The molecule has 9 heteroatoms. The molecule has 1 saturated heterocycles. The van der Waals surface area contributed by atoms with Gasteiger partial charge in [0.1, 0.15) is 5.82 Å². The molecule has 1 aliphatic rings. The molecule has 2 atom stereocenters. The fourth-order valence-corrected chi connectivity index (χ4v) is 3.51. The van der Waals surface area contributed by atoms with Crippen molar-refractivity contribution in [3.63, 3.8) is 0 Å². The minimum atomic E-state index is -0.0675. The van der Waals surface area contributed by atoms with Crippen LogP contribution in [0, 0.1) is 5.92 Å². The number of aryl methyl sites for hydroxylation is 1. The Kier molecular flexibility index (Phi) is 9.72. The molecule has 1 aliphatic heterocycles. The molecule has 28 heavy (non-hydrogen) atoms. The van der Waals surface area contributed by atoms with Gasteiger partial charge in [-0.2, -0.15) is 5.10 Å².